The number of likely N-dealkylation sites (tertiary alicyclic amines) is 1. The summed E-state index contributed by atoms with van der Waals surface area (Å²) in [7, 11) is 2.19. The van der Waals surface area contributed by atoms with Gasteiger partial charge in [0.15, 0.2) is 6.23 Å². The lowest BCUT2D eigenvalue weighted by molar-refractivity contribution is -0.909. The molecule has 0 bridgehead atoms. The minimum Gasteiger partial charge on any atom is -0.344 e. The Balaban J connectivity index is 2.71. The molecule has 218 valence electrons. The van der Waals surface area contributed by atoms with Crippen molar-refractivity contribution in [1.29, 1.82) is 0 Å². The first-order chi connectivity index (χ1) is 17.9. The van der Waals surface area contributed by atoms with E-state index in [9.17, 15) is 5.11 Å². The van der Waals surface area contributed by atoms with Gasteiger partial charge in [-0.2, -0.15) is 0 Å². The standard InChI is InChI=1S/C32H65N4O/c1-6-8-10-12-14-16-18-20-30(28(3)19-17-15-13-11-9-7-2)31-27-32(37)36(5,29(31)4)26-25-35-24-23-34-22-21-33/h19,30-32,34-35,37H,4,6-18,20-27,33H2,1-3,5H3/q+1/b28-19+. The number of unbranched alkanes of at least 4 members (excludes halogenated alkanes) is 11. The van der Waals surface area contributed by atoms with Gasteiger partial charge in [0, 0.05) is 45.1 Å². The van der Waals surface area contributed by atoms with Crippen molar-refractivity contribution in [2.24, 2.45) is 17.6 Å². The predicted octanol–water partition coefficient (Wildman–Crippen LogP) is 6.49. The van der Waals surface area contributed by atoms with Crippen LogP contribution in [0.4, 0.5) is 0 Å². The normalized spacial score (nSPS) is 23.2. The summed E-state index contributed by atoms with van der Waals surface area (Å²) >= 11 is 0. The molecule has 0 spiro atoms. The topological polar surface area (TPSA) is 70.3 Å². The van der Waals surface area contributed by atoms with Crippen molar-refractivity contribution in [1.82, 2.24) is 10.6 Å². The van der Waals surface area contributed by atoms with Crippen molar-refractivity contribution in [2.45, 2.75) is 123 Å². The van der Waals surface area contributed by atoms with Crippen LogP contribution in [-0.4, -0.2) is 62.1 Å². The first-order valence-electron chi connectivity index (χ1n) is 15.9. The highest BCUT2D eigenvalue weighted by Crippen LogP contribution is 2.45. The molecular formula is C32H65N4O+. The maximum Gasteiger partial charge on any atom is 0.195 e. The Labute approximate surface area is 231 Å². The van der Waals surface area contributed by atoms with Gasteiger partial charge in [-0.15, -0.1) is 0 Å². The van der Waals surface area contributed by atoms with Gasteiger partial charge in [-0.1, -0.05) is 96.1 Å². The maximum absolute atomic E-state index is 11.2. The SMILES string of the molecule is C=C1C(C(CCCCCCCCC)/C(C)=C/CCCCCCC)CC(O)[N+]1(C)CCNCCNCCN. The van der Waals surface area contributed by atoms with Crippen LogP contribution in [0.1, 0.15) is 117 Å². The summed E-state index contributed by atoms with van der Waals surface area (Å²) in [6, 6.07) is 0. The Kier molecular flexibility index (Phi) is 19.6. The van der Waals surface area contributed by atoms with Crippen molar-refractivity contribution < 1.29 is 9.59 Å². The number of nitrogens with two attached hydrogens (primary N) is 1. The number of quaternary nitrogens is 1. The molecule has 0 amide bonds. The fourth-order valence-electron chi connectivity index (χ4n) is 5.99. The zero-order chi connectivity index (χ0) is 27.4. The fourth-order valence-corrected chi connectivity index (χ4v) is 5.99. The lowest BCUT2D eigenvalue weighted by Crippen LogP contribution is -2.50. The quantitative estimate of drug-likeness (QED) is 0.0666. The lowest BCUT2D eigenvalue weighted by atomic mass is 9.80. The van der Waals surface area contributed by atoms with Crippen molar-refractivity contribution in [2.75, 3.05) is 46.3 Å². The van der Waals surface area contributed by atoms with Crippen LogP contribution in [0, 0.1) is 11.8 Å². The zero-order valence-electron chi connectivity index (χ0n) is 25.3. The average Bonchev–Trinajstić information content (AvgIpc) is 3.11. The molecule has 0 aliphatic carbocycles. The third-order valence-electron chi connectivity index (χ3n) is 8.72. The van der Waals surface area contributed by atoms with E-state index >= 15 is 0 Å². The number of allylic oxidation sites excluding steroid dienone is 3. The van der Waals surface area contributed by atoms with E-state index in [0.29, 0.717) is 22.9 Å². The fraction of sp³-hybridized carbons (Fsp3) is 0.875. The molecule has 1 heterocycles. The van der Waals surface area contributed by atoms with Gasteiger partial charge < -0.3 is 21.5 Å². The first kappa shape index (κ1) is 34.3. The molecule has 0 aromatic rings. The minimum absolute atomic E-state index is 0.354. The molecule has 0 radical (unpaired) electrons. The minimum atomic E-state index is -0.354. The molecule has 1 saturated heterocycles. The molecule has 0 saturated carbocycles. The average molecular weight is 522 g/mol. The summed E-state index contributed by atoms with van der Waals surface area (Å²) in [4.78, 5) is 0. The van der Waals surface area contributed by atoms with Crippen LogP contribution in [0.25, 0.3) is 0 Å². The van der Waals surface area contributed by atoms with Gasteiger partial charge >= 0.3 is 0 Å². The number of nitrogens with one attached hydrogen (secondary N) is 2. The second kappa shape index (κ2) is 21.1. The van der Waals surface area contributed by atoms with Gasteiger partial charge in [0.1, 0.15) is 5.70 Å². The molecule has 4 atom stereocenters. The van der Waals surface area contributed by atoms with Gasteiger partial charge in [0.2, 0.25) is 0 Å². The molecular weight excluding hydrogens is 456 g/mol. The molecule has 5 nitrogen and oxygen atoms in total. The smallest absolute Gasteiger partial charge is 0.195 e. The molecule has 5 N–H and O–H groups in total. The molecule has 37 heavy (non-hydrogen) atoms. The number of rotatable bonds is 24. The number of aliphatic hydroxyl groups is 1. The van der Waals surface area contributed by atoms with E-state index in [0.717, 1.165) is 39.1 Å². The van der Waals surface area contributed by atoms with Gasteiger partial charge in [-0.25, -0.2) is 0 Å². The Bertz CT molecular complexity index is 608. The lowest BCUT2D eigenvalue weighted by Gasteiger charge is -2.35. The van der Waals surface area contributed by atoms with E-state index in [2.05, 4.69) is 51.1 Å². The van der Waals surface area contributed by atoms with E-state index in [1.54, 1.807) is 0 Å². The van der Waals surface area contributed by atoms with E-state index in [4.69, 9.17) is 5.73 Å². The highest BCUT2D eigenvalue weighted by molar-refractivity contribution is 5.13. The van der Waals surface area contributed by atoms with E-state index in [1.165, 1.54) is 101 Å². The largest absolute Gasteiger partial charge is 0.344 e. The molecule has 0 aromatic carbocycles. The third kappa shape index (κ3) is 13.3. The van der Waals surface area contributed by atoms with E-state index < -0.39 is 0 Å². The van der Waals surface area contributed by atoms with Crippen LogP contribution in [0.3, 0.4) is 0 Å². The van der Waals surface area contributed by atoms with Crippen molar-refractivity contribution in [3.05, 3.63) is 23.9 Å². The molecule has 1 fully saturated rings. The van der Waals surface area contributed by atoms with Crippen LogP contribution in [-0.2, 0) is 0 Å². The maximum atomic E-state index is 11.2. The molecule has 4 unspecified atom stereocenters. The van der Waals surface area contributed by atoms with Crippen molar-refractivity contribution in [3.63, 3.8) is 0 Å². The summed E-state index contributed by atoms with van der Waals surface area (Å²) in [6.07, 6.45) is 21.5. The van der Waals surface area contributed by atoms with Crippen LogP contribution < -0.4 is 16.4 Å². The van der Waals surface area contributed by atoms with Crippen LogP contribution >= 0.6 is 0 Å². The van der Waals surface area contributed by atoms with Crippen molar-refractivity contribution in [3.8, 4) is 0 Å². The zero-order valence-corrected chi connectivity index (χ0v) is 25.3. The van der Waals surface area contributed by atoms with Gasteiger partial charge in [-0.05, 0) is 38.7 Å². The van der Waals surface area contributed by atoms with Gasteiger partial charge in [-0.3, -0.25) is 4.48 Å². The first-order valence-corrected chi connectivity index (χ1v) is 15.9. The van der Waals surface area contributed by atoms with Crippen molar-refractivity contribution >= 4 is 0 Å². The summed E-state index contributed by atoms with van der Waals surface area (Å²) in [5.41, 5.74) is 8.32. The predicted molar refractivity (Wildman–Crippen MR) is 162 cm³/mol. The van der Waals surface area contributed by atoms with Crippen LogP contribution in [0.5, 0.6) is 0 Å². The number of hydrogen-bond acceptors (Lipinski definition) is 4. The summed E-state index contributed by atoms with van der Waals surface area (Å²) in [5.74, 6) is 0.893. The summed E-state index contributed by atoms with van der Waals surface area (Å²) in [6.45, 7) is 16.7. The van der Waals surface area contributed by atoms with Gasteiger partial charge in [0.25, 0.3) is 0 Å². The van der Waals surface area contributed by atoms with Crippen LogP contribution in [0.15, 0.2) is 23.9 Å². The summed E-state index contributed by atoms with van der Waals surface area (Å²) in [5, 5.41) is 18.1. The van der Waals surface area contributed by atoms with E-state index in [1.807, 2.05) is 0 Å². The second-order valence-corrected chi connectivity index (χ2v) is 11.8. The molecule has 1 aliphatic rings. The highest BCUT2D eigenvalue weighted by atomic mass is 16.3. The summed E-state index contributed by atoms with van der Waals surface area (Å²) < 4.78 is 0.589. The third-order valence-corrected chi connectivity index (χ3v) is 8.72. The Morgan fingerprint density at radius 1 is 0.946 bits per heavy atom. The highest BCUT2D eigenvalue weighted by Gasteiger charge is 2.49. The molecule has 1 aliphatic heterocycles. The number of hydrogen-bond donors (Lipinski definition) is 4. The Hall–Kier alpha value is -0.720. The Morgan fingerprint density at radius 2 is 1.51 bits per heavy atom. The van der Waals surface area contributed by atoms with Gasteiger partial charge in [0.05, 0.1) is 13.6 Å². The van der Waals surface area contributed by atoms with Crippen LogP contribution in [0.2, 0.25) is 0 Å². The molecule has 0 aromatic heterocycles. The number of nitrogens with zero attached hydrogens (tertiary/aromatic N) is 1. The number of likely N-dealkylation sites (N-methyl/N-ethyl adjacent to an activating group) is 1. The second-order valence-electron chi connectivity index (χ2n) is 11.8. The van der Waals surface area contributed by atoms with E-state index in [-0.39, 0.29) is 6.23 Å². The molecule has 5 heteroatoms. The monoisotopic (exact) mass is 522 g/mol. The molecule has 1 rings (SSSR count). The Morgan fingerprint density at radius 3 is 2.14 bits per heavy atom. The number of aliphatic hydroxyl groups excluding tert-OH is 1.